The Balaban J connectivity index is 1.79. The summed E-state index contributed by atoms with van der Waals surface area (Å²) < 4.78 is 64.9. The standard InChI is InChI=1S/C26H24F4O2/c1-17(2)24(19-11-13-21(14-12-19)32-26(29)30)25(28)23(27)16-18-7-6-10-22(15-18)31-20-8-4-3-5-9-20/h3-15,17,24,26H,16H2,1-2H3. The fraction of sp³-hybridized carbons (Fsp3) is 0.231. The first-order valence-electron chi connectivity index (χ1n) is 10.2. The molecule has 0 bridgehead atoms. The predicted molar refractivity (Wildman–Crippen MR) is 117 cm³/mol. The molecule has 0 radical (unpaired) electrons. The lowest BCUT2D eigenvalue weighted by Gasteiger charge is -2.21. The van der Waals surface area contributed by atoms with Crippen molar-refractivity contribution in [3.63, 3.8) is 0 Å². The van der Waals surface area contributed by atoms with Crippen LogP contribution < -0.4 is 9.47 Å². The molecule has 32 heavy (non-hydrogen) atoms. The van der Waals surface area contributed by atoms with Gasteiger partial charge in [-0.15, -0.1) is 0 Å². The van der Waals surface area contributed by atoms with E-state index in [1.807, 2.05) is 18.2 Å². The Morgan fingerprint density at radius 3 is 2.06 bits per heavy atom. The van der Waals surface area contributed by atoms with E-state index in [4.69, 9.17) is 4.74 Å². The number of para-hydroxylation sites is 1. The monoisotopic (exact) mass is 444 g/mol. The molecule has 0 spiro atoms. The molecule has 0 aliphatic carbocycles. The lowest BCUT2D eigenvalue weighted by Crippen LogP contribution is -2.10. The maximum atomic E-state index is 15.2. The molecule has 0 heterocycles. The summed E-state index contributed by atoms with van der Waals surface area (Å²) in [4.78, 5) is 0. The van der Waals surface area contributed by atoms with Gasteiger partial charge in [0.25, 0.3) is 0 Å². The van der Waals surface area contributed by atoms with E-state index in [-0.39, 0.29) is 18.1 Å². The van der Waals surface area contributed by atoms with Crippen LogP contribution in [0.5, 0.6) is 17.2 Å². The fourth-order valence-electron chi connectivity index (χ4n) is 3.46. The number of ether oxygens (including phenoxy) is 2. The Hall–Kier alpha value is -3.28. The van der Waals surface area contributed by atoms with Crippen molar-refractivity contribution in [2.24, 2.45) is 5.92 Å². The SMILES string of the molecule is CC(C)C(C(F)=C(F)Cc1cccc(Oc2ccccc2)c1)c1ccc(OC(F)F)cc1. The molecular weight excluding hydrogens is 420 g/mol. The molecule has 6 heteroatoms. The van der Waals surface area contributed by atoms with Crippen molar-refractivity contribution in [3.8, 4) is 17.2 Å². The molecule has 1 unspecified atom stereocenters. The van der Waals surface area contributed by atoms with Gasteiger partial charge < -0.3 is 9.47 Å². The maximum Gasteiger partial charge on any atom is 0.387 e. The zero-order valence-electron chi connectivity index (χ0n) is 17.8. The van der Waals surface area contributed by atoms with Crippen LogP contribution in [0.2, 0.25) is 0 Å². The first-order chi connectivity index (χ1) is 15.3. The zero-order chi connectivity index (χ0) is 23.1. The summed E-state index contributed by atoms with van der Waals surface area (Å²) in [6.07, 6.45) is -0.229. The summed E-state index contributed by atoms with van der Waals surface area (Å²) in [7, 11) is 0. The molecule has 0 saturated heterocycles. The van der Waals surface area contributed by atoms with Crippen molar-refractivity contribution in [1.29, 1.82) is 0 Å². The fourth-order valence-corrected chi connectivity index (χ4v) is 3.46. The summed E-state index contributed by atoms with van der Waals surface area (Å²) in [5.41, 5.74) is 1.05. The average molecular weight is 444 g/mol. The molecule has 0 aliphatic heterocycles. The highest BCUT2D eigenvalue weighted by atomic mass is 19.3. The predicted octanol–water partition coefficient (Wildman–Crippen LogP) is 8.21. The Labute approximate surface area is 185 Å². The molecule has 2 nitrogen and oxygen atoms in total. The van der Waals surface area contributed by atoms with Gasteiger partial charge >= 0.3 is 6.61 Å². The molecule has 3 aromatic rings. The molecular formula is C26H24F4O2. The van der Waals surface area contributed by atoms with Gasteiger partial charge in [-0.3, -0.25) is 0 Å². The van der Waals surface area contributed by atoms with Crippen LogP contribution >= 0.6 is 0 Å². The van der Waals surface area contributed by atoms with E-state index < -0.39 is 24.2 Å². The van der Waals surface area contributed by atoms with Crippen molar-refractivity contribution < 1.29 is 27.0 Å². The highest BCUT2D eigenvalue weighted by Gasteiger charge is 2.25. The minimum absolute atomic E-state index is 0.0358. The van der Waals surface area contributed by atoms with E-state index in [2.05, 4.69) is 4.74 Å². The van der Waals surface area contributed by atoms with Gasteiger partial charge in [0.05, 0.1) is 0 Å². The molecule has 0 N–H and O–H groups in total. The highest BCUT2D eigenvalue weighted by Crippen LogP contribution is 2.37. The topological polar surface area (TPSA) is 18.5 Å². The second kappa shape index (κ2) is 10.8. The first kappa shape index (κ1) is 23.4. The lowest BCUT2D eigenvalue weighted by atomic mass is 9.86. The van der Waals surface area contributed by atoms with Gasteiger partial charge in [0.1, 0.15) is 28.9 Å². The summed E-state index contributed by atoms with van der Waals surface area (Å²) in [6, 6.07) is 21.6. The Morgan fingerprint density at radius 2 is 1.44 bits per heavy atom. The van der Waals surface area contributed by atoms with Crippen LogP contribution in [-0.2, 0) is 6.42 Å². The van der Waals surface area contributed by atoms with E-state index in [0.717, 1.165) is 0 Å². The van der Waals surface area contributed by atoms with E-state index in [1.165, 1.54) is 24.3 Å². The zero-order valence-corrected chi connectivity index (χ0v) is 17.8. The van der Waals surface area contributed by atoms with Gasteiger partial charge in [-0.25, -0.2) is 8.78 Å². The van der Waals surface area contributed by atoms with Gasteiger partial charge in [0, 0.05) is 12.3 Å². The summed E-state index contributed by atoms with van der Waals surface area (Å²) in [5, 5.41) is 0. The van der Waals surface area contributed by atoms with Gasteiger partial charge in [-0.2, -0.15) is 8.78 Å². The molecule has 1 atom stereocenters. The number of allylic oxidation sites excluding steroid dienone is 2. The third-order valence-electron chi connectivity index (χ3n) is 4.90. The number of alkyl halides is 2. The molecule has 3 rings (SSSR count). The van der Waals surface area contributed by atoms with Crippen LogP contribution in [0.3, 0.4) is 0 Å². The van der Waals surface area contributed by atoms with Crippen LogP contribution in [-0.4, -0.2) is 6.61 Å². The van der Waals surface area contributed by atoms with Crippen LogP contribution in [0.1, 0.15) is 30.9 Å². The van der Waals surface area contributed by atoms with Crippen LogP contribution in [0, 0.1) is 5.92 Å². The third kappa shape index (κ3) is 6.36. The first-order valence-corrected chi connectivity index (χ1v) is 10.2. The molecule has 0 aliphatic rings. The molecule has 168 valence electrons. The van der Waals surface area contributed by atoms with E-state index in [1.54, 1.807) is 50.2 Å². The van der Waals surface area contributed by atoms with Gasteiger partial charge in [-0.05, 0) is 53.4 Å². The van der Waals surface area contributed by atoms with Crippen LogP contribution in [0.4, 0.5) is 17.6 Å². The smallest absolute Gasteiger partial charge is 0.387 e. The van der Waals surface area contributed by atoms with Crippen molar-refractivity contribution in [2.45, 2.75) is 32.8 Å². The normalized spacial score (nSPS) is 13.1. The summed E-state index contributed by atoms with van der Waals surface area (Å²) >= 11 is 0. The van der Waals surface area contributed by atoms with Crippen LogP contribution in [0.15, 0.2) is 90.5 Å². The van der Waals surface area contributed by atoms with Crippen molar-refractivity contribution >= 4 is 0 Å². The Morgan fingerprint density at radius 1 is 0.781 bits per heavy atom. The van der Waals surface area contributed by atoms with E-state index in [9.17, 15) is 13.2 Å². The number of rotatable bonds is 9. The second-order valence-corrected chi connectivity index (χ2v) is 7.66. The number of hydrogen-bond acceptors (Lipinski definition) is 2. The van der Waals surface area contributed by atoms with Crippen LogP contribution in [0.25, 0.3) is 0 Å². The molecule has 0 amide bonds. The van der Waals surface area contributed by atoms with Crippen molar-refractivity contribution in [1.82, 2.24) is 0 Å². The largest absolute Gasteiger partial charge is 0.457 e. The molecule has 3 aromatic carbocycles. The second-order valence-electron chi connectivity index (χ2n) is 7.66. The van der Waals surface area contributed by atoms with E-state index in [0.29, 0.717) is 22.6 Å². The minimum atomic E-state index is -2.95. The highest BCUT2D eigenvalue weighted by molar-refractivity contribution is 5.37. The summed E-state index contributed by atoms with van der Waals surface area (Å²) in [5.74, 6) is -1.73. The number of halogens is 4. The number of benzene rings is 3. The summed E-state index contributed by atoms with van der Waals surface area (Å²) in [6.45, 7) is 0.600. The third-order valence-corrected chi connectivity index (χ3v) is 4.90. The van der Waals surface area contributed by atoms with Gasteiger partial charge in [-0.1, -0.05) is 56.3 Å². The lowest BCUT2D eigenvalue weighted by molar-refractivity contribution is -0.0498. The van der Waals surface area contributed by atoms with Crippen molar-refractivity contribution in [3.05, 3.63) is 102 Å². The van der Waals surface area contributed by atoms with E-state index >= 15 is 4.39 Å². The molecule has 0 aromatic heterocycles. The maximum absolute atomic E-state index is 15.2. The Bertz CT molecular complexity index is 1030. The molecule has 0 saturated carbocycles. The van der Waals surface area contributed by atoms with Crippen molar-refractivity contribution in [2.75, 3.05) is 0 Å². The molecule has 0 fully saturated rings. The average Bonchev–Trinajstić information content (AvgIpc) is 2.75. The minimum Gasteiger partial charge on any atom is -0.457 e. The number of hydrogen-bond donors (Lipinski definition) is 0. The van der Waals surface area contributed by atoms with Gasteiger partial charge in [0.2, 0.25) is 0 Å². The van der Waals surface area contributed by atoms with Gasteiger partial charge in [0.15, 0.2) is 0 Å². The quantitative estimate of drug-likeness (QED) is 0.310. The Kier molecular flexibility index (Phi) is 7.92.